The minimum atomic E-state index is -4.60. The van der Waals surface area contributed by atoms with Gasteiger partial charge in [-0.3, -0.25) is 48.9 Å². The van der Waals surface area contributed by atoms with E-state index in [1.54, 1.807) is 56.7 Å². The zero-order valence-electron chi connectivity index (χ0n) is 36.1. The van der Waals surface area contributed by atoms with Crippen LogP contribution in [0.25, 0.3) is 0 Å². The first-order valence-electron chi connectivity index (χ1n) is 21.3. The molecule has 0 radical (unpaired) electrons. The van der Waals surface area contributed by atoms with Crippen LogP contribution in [-0.4, -0.2) is 113 Å². The summed E-state index contributed by atoms with van der Waals surface area (Å²) >= 11 is 0. The van der Waals surface area contributed by atoms with Gasteiger partial charge in [0.05, 0.1) is 40.8 Å². The molecule has 0 aliphatic carbocycles. The van der Waals surface area contributed by atoms with Crippen LogP contribution in [0.5, 0.6) is 5.75 Å². The van der Waals surface area contributed by atoms with Crippen LogP contribution in [0.2, 0.25) is 0 Å². The Labute approximate surface area is 380 Å². The lowest BCUT2D eigenvalue weighted by Gasteiger charge is -2.35. The molecule has 0 spiro atoms. The Morgan fingerprint density at radius 2 is 1.67 bits per heavy atom. The molecular formula is C46H42F3N11O7. The van der Waals surface area contributed by atoms with E-state index in [1.165, 1.54) is 28.0 Å². The first-order valence-corrected chi connectivity index (χ1v) is 21.3. The molecule has 1 unspecified atom stereocenters. The standard InChI is InChI=1S/C46H42F3N11O7/c1-26-9-10-30(52-40(62)27-5-3-6-29(21-27)46(47,48)49)22-34(26)59-25-28-23-51-44(55-39(28)56(2)45(59)66)53-31-11-13-36(50-24-31)58-17-15-57(16-18-58)19-20-67-35-8-4-7-32-38(35)43(65)60(42(32)64)33-12-14-37(61)54-41(33)63/h3-11,13,21-24,33H,12,14-20,25H2,1-2H3,(H,52,62)(H,51,53,55)(H,54,61,63). The summed E-state index contributed by atoms with van der Waals surface area (Å²) in [6.07, 6.45) is -1.22. The van der Waals surface area contributed by atoms with Crippen molar-refractivity contribution in [2.45, 2.75) is 38.5 Å². The molecule has 5 aromatic rings. The number of carbonyl (C=O) groups is 6. The quantitative estimate of drug-likeness (QED) is 0.143. The van der Waals surface area contributed by atoms with Gasteiger partial charge >= 0.3 is 12.2 Å². The number of rotatable bonds is 11. The first-order chi connectivity index (χ1) is 32.1. The molecule has 4 aliphatic rings. The van der Waals surface area contributed by atoms with Crippen molar-refractivity contribution < 1.29 is 46.7 Å². The van der Waals surface area contributed by atoms with E-state index in [0.717, 1.165) is 41.5 Å². The average Bonchev–Trinajstić information content (AvgIpc) is 3.57. The van der Waals surface area contributed by atoms with Crippen molar-refractivity contribution in [3.63, 3.8) is 0 Å². The van der Waals surface area contributed by atoms with E-state index in [9.17, 15) is 41.9 Å². The lowest BCUT2D eigenvalue weighted by molar-refractivity contribution is -0.138. The first kappa shape index (κ1) is 44.3. The summed E-state index contributed by atoms with van der Waals surface area (Å²) in [7, 11) is 1.59. The van der Waals surface area contributed by atoms with Gasteiger partial charge in [0, 0.05) is 69.2 Å². The number of nitrogens with zero attached hydrogens (tertiary/aromatic N) is 8. The van der Waals surface area contributed by atoms with Crippen molar-refractivity contribution >= 4 is 70.2 Å². The molecule has 4 aliphatic heterocycles. The molecule has 7 amide bonds. The van der Waals surface area contributed by atoms with E-state index < -0.39 is 53.3 Å². The van der Waals surface area contributed by atoms with Gasteiger partial charge in [-0.1, -0.05) is 18.2 Å². The second-order valence-electron chi connectivity index (χ2n) is 16.3. The number of pyridine rings is 1. The summed E-state index contributed by atoms with van der Waals surface area (Å²) in [5.74, 6) is -1.38. The van der Waals surface area contributed by atoms with E-state index in [1.807, 2.05) is 12.1 Å². The van der Waals surface area contributed by atoms with Gasteiger partial charge < -0.3 is 20.3 Å². The van der Waals surface area contributed by atoms with Crippen molar-refractivity contribution in [3.8, 4) is 5.75 Å². The van der Waals surface area contributed by atoms with Crippen LogP contribution >= 0.6 is 0 Å². The maximum Gasteiger partial charge on any atom is 0.416 e. The van der Waals surface area contributed by atoms with Gasteiger partial charge in [-0.15, -0.1) is 0 Å². The third-order valence-electron chi connectivity index (χ3n) is 12.0. The summed E-state index contributed by atoms with van der Waals surface area (Å²) in [6.45, 7) is 5.56. The molecule has 2 fully saturated rings. The largest absolute Gasteiger partial charge is 0.491 e. The Bertz CT molecular complexity index is 2840. The summed E-state index contributed by atoms with van der Waals surface area (Å²) in [5, 5.41) is 8.00. The molecule has 6 heterocycles. The summed E-state index contributed by atoms with van der Waals surface area (Å²) in [4.78, 5) is 99.3. The molecule has 2 aromatic heterocycles. The Morgan fingerprint density at radius 3 is 2.42 bits per heavy atom. The highest BCUT2D eigenvalue weighted by atomic mass is 19.4. The van der Waals surface area contributed by atoms with Gasteiger partial charge in [0.25, 0.3) is 17.7 Å². The Morgan fingerprint density at radius 1 is 0.896 bits per heavy atom. The molecule has 2 saturated heterocycles. The third kappa shape index (κ3) is 8.92. The van der Waals surface area contributed by atoms with Crippen molar-refractivity contribution in [2.24, 2.45) is 0 Å². The lowest BCUT2D eigenvalue weighted by atomic mass is 10.0. The van der Waals surface area contributed by atoms with Crippen molar-refractivity contribution in [1.29, 1.82) is 0 Å². The average molecular weight is 918 g/mol. The van der Waals surface area contributed by atoms with Crippen molar-refractivity contribution in [3.05, 3.63) is 119 Å². The smallest absolute Gasteiger partial charge is 0.416 e. The number of hydrogen-bond acceptors (Lipinski definition) is 13. The monoisotopic (exact) mass is 917 g/mol. The number of imide groups is 2. The fourth-order valence-corrected chi connectivity index (χ4v) is 8.44. The normalized spacial score (nSPS) is 17.6. The van der Waals surface area contributed by atoms with Gasteiger partial charge in [-0.25, -0.2) is 14.8 Å². The predicted molar refractivity (Wildman–Crippen MR) is 237 cm³/mol. The van der Waals surface area contributed by atoms with Crippen LogP contribution in [-0.2, 0) is 22.3 Å². The van der Waals surface area contributed by atoms with Crippen LogP contribution < -0.4 is 35.4 Å². The summed E-state index contributed by atoms with van der Waals surface area (Å²) in [5.41, 5.74) is 1.95. The predicted octanol–water partition coefficient (Wildman–Crippen LogP) is 5.37. The topological polar surface area (TPSA) is 203 Å². The van der Waals surface area contributed by atoms with Crippen molar-refractivity contribution in [1.82, 2.24) is 30.1 Å². The zero-order valence-corrected chi connectivity index (χ0v) is 36.1. The molecule has 0 bridgehead atoms. The van der Waals surface area contributed by atoms with Gasteiger partial charge in [-0.2, -0.15) is 18.2 Å². The third-order valence-corrected chi connectivity index (χ3v) is 12.0. The SMILES string of the molecule is Cc1ccc(NC(=O)c2cccc(C(F)(F)F)c2)cc1N1Cc2cnc(Nc3ccc(N4CCN(CCOc5cccc6c5C(=O)N(C5CCC(=O)NC5=O)C6=O)CC4)nc3)nc2N(C)C1=O. The Kier molecular flexibility index (Phi) is 11.8. The number of piperazine rings is 1. The maximum absolute atomic E-state index is 13.8. The highest BCUT2D eigenvalue weighted by Gasteiger charge is 2.46. The van der Waals surface area contributed by atoms with Crippen LogP contribution in [0.15, 0.2) is 85.2 Å². The minimum absolute atomic E-state index is 0.0335. The summed E-state index contributed by atoms with van der Waals surface area (Å²) in [6, 6.07) is 16.1. The van der Waals surface area contributed by atoms with E-state index in [-0.39, 0.29) is 54.4 Å². The molecule has 67 heavy (non-hydrogen) atoms. The number of piperidine rings is 1. The van der Waals surface area contributed by atoms with E-state index >= 15 is 0 Å². The molecule has 3 aromatic carbocycles. The number of carbonyl (C=O) groups excluding carboxylic acids is 6. The number of ether oxygens (including phenoxy) is 1. The number of aromatic nitrogens is 3. The lowest BCUT2D eigenvalue weighted by Crippen LogP contribution is -2.54. The van der Waals surface area contributed by atoms with Crippen LogP contribution in [0.4, 0.5) is 52.6 Å². The number of anilines is 6. The molecule has 3 N–H and O–H groups in total. The molecule has 0 saturated carbocycles. The van der Waals surface area contributed by atoms with Gasteiger partial charge in [0.15, 0.2) is 0 Å². The molecule has 9 rings (SSSR count). The van der Waals surface area contributed by atoms with Crippen LogP contribution in [0, 0.1) is 6.92 Å². The highest BCUT2D eigenvalue weighted by molar-refractivity contribution is 6.24. The number of urea groups is 1. The summed E-state index contributed by atoms with van der Waals surface area (Å²) < 4.78 is 45.8. The van der Waals surface area contributed by atoms with Crippen LogP contribution in [0.3, 0.4) is 0 Å². The van der Waals surface area contributed by atoms with Gasteiger partial charge in [-0.05, 0) is 73.5 Å². The van der Waals surface area contributed by atoms with Crippen molar-refractivity contribution in [2.75, 3.05) is 71.7 Å². The van der Waals surface area contributed by atoms with E-state index in [4.69, 9.17) is 4.74 Å². The van der Waals surface area contributed by atoms with E-state index in [0.29, 0.717) is 48.1 Å². The number of alkyl halides is 3. The number of aryl methyl sites for hydroxylation is 1. The number of fused-ring (bicyclic) bond motifs is 2. The van der Waals surface area contributed by atoms with Gasteiger partial charge in [0.2, 0.25) is 17.8 Å². The molecule has 21 heteroatoms. The fourth-order valence-electron chi connectivity index (χ4n) is 8.44. The van der Waals surface area contributed by atoms with Crippen LogP contribution in [0.1, 0.15) is 60.6 Å². The second kappa shape index (κ2) is 17.8. The highest BCUT2D eigenvalue weighted by Crippen LogP contribution is 2.36. The Hall–Kier alpha value is -7.94. The fraction of sp³-hybridized carbons (Fsp3) is 0.283. The number of hydrogen-bond donors (Lipinski definition) is 3. The number of amides is 7. The number of nitrogens with one attached hydrogen (secondary N) is 3. The second-order valence-corrected chi connectivity index (χ2v) is 16.3. The van der Waals surface area contributed by atoms with E-state index in [2.05, 4.69) is 40.7 Å². The maximum atomic E-state index is 13.8. The molecular weight excluding hydrogens is 876 g/mol. The number of halogens is 3. The van der Waals surface area contributed by atoms with Gasteiger partial charge in [0.1, 0.15) is 30.0 Å². The number of benzene rings is 3. The molecule has 344 valence electrons. The zero-order chi connectivity index (χ0) is 47.1. The molecule has 18 nitrogen and oxygen atoms in total. The minimum Gasteiger partial charge on any atom is -0.491 e. The molecule has 1 atom stereocenters. The Balaban J connectivity index is 0.771.